The summed E-state index contributed by atoms with van der Waals surface area (Å²) in [5.41, 5.74) is 1.35. The van der Waals surface area contributed by atoms with E-state index in [1.807, 2.05) is 44.2 Å². The third-order valence-corrected chi connectivity index (χ3v) is 6.68. The van der Waals surface area contributed by atoms with Gasteiger partial charge in [0.1, 0.15) is 0 Å². The van der Waals surface area contributed by atoms with Crippen LogP contribution in [0.3, 0.4) is 0 Å². The minimum absolute atomic E-state index is 0.193. The molecule has 1 aliphatic heterocycles. The summed E-state index contributed by atoms with van der Waals surface area (Å²) in [4.78, 5) is 0. The van der Waals surface area contributed by atoms with Crippen molar-refractivity contribution in [3.05, 3.63) is 35.9 Å². The van der Waals surface area contributed by atoms with E-state index in [0.717, 1.165) is 5.56 Å². The number of piperidine rings is 1. The van der Waals surface area contributed by atoms with E-state index < -0.39 is 10.0 Å². The minimum atomic E-state index is -3.17. The van der Waals surface area contributed by atoms with E-state index in [-0.39, 0.29) is 11.2 Å². The molecular weight excluding hydrogens is 300 g/mol. The largest absolute Gasteiger partial charge is 0.411 e. The predicted molar refractivity (Wildman–Crippen MR) is 87.9 cm³/mol. The van der Waals surface area contributed by atoms with E-state index in [1.165, 1.54) is 0 Å². The van der Waals surface area contributed by atoms with Crippen molar-refractivity contribution in [1.29, 1.82) is 0 Å². The highest BCUT2D eigenvalue weighted by Gasteiger charge is 2.41. The van der Waals surface area contributed by atoms with Crippen LogP contribution in [-0.2, 0) is 15.4 Å². The summed E-state index contributed by atoms with van der Waals surface area (Å²) in [5, 5.41) is 12.7. The Bertz CT molecular complexity index is 618. The second-order valence-corrected chi connectivity index (χ2v) is 7.94. The van der Waals surface area contributed by atoms with Gasteiger partial charge in [0.2, 0.25) is 10.0 Å². The third kappa shape index (κ3) is 3.17. The topological polar surface area (TPSA) is 70.0 Å². The number of rotatable bonds is 5. The van der Waals surface area contributed by atoms with Gasteiger partial charge in [-0.25, -0.2) is 12.7 Å². The van der Waals surface area contributed by atoms with E-state index in [9.17, 15) is 13.6 Å². The highest BCUT2D eigenvalue weighted by Crippen LogP contribution is 2.37. The molecule has 0 amide bonds. The second kappa shape index (κ2) is 6.79. The first-order valence-electron chi connectivity index (χ1n) is 7.69. The van der Waals surface area contributed by atoms with Gasteiger partial charge in [-0.3, -0.25) is 0 Å². The molecule has 1 saturated heterocycles. The van der Waals surface area contributed by atoms with E-state index >= 15 is 0 Å². The molecule has 1 fully saturated rings. The van der Waals surface area contributed by atoms with Crippen LogP contribution < -0.4 is 0 Å². The minimum Gasteiger partial charge on any atom is -0.411 e. The fourth-order valence-corrected chi connectivity index (χ4v) is 4.76. The van der Waals surface area contributed by atoms with E-state index in [0.29, 0.717) is 38.1 Å². The molecule has 1 N–H and O–H groups in total. The molecule has 0 bridgehead atoms. The van der Waals surface area contributed by atoms with Gasteiger partial charge in [0, 0.05) is 18.5 Å². The van der Waals surface area contributed by atoms with E-state index in [2.05, 4.69) is 5.16 Å². The molecular formula is C16H24N2O3S. The normalized spacial score (nSPS) is 20.0. The maximum Gasteiger partial charge on any atom is 0.214 e. The van der Waals surface area contributed by atoms with Gasteiger partial charge < -0.3 is 5.21 Å². The standard InChI is InChI=1S/C16H24N2O3S/c1-3-13-22(20,21)18-11-9-16(10-12-18,14(2)17-19)15-7-5-4-6-8-15/h4-8,19H,3,9-13H2,1-2H3/b17-14+. The van der Waals surface area contributed by atoms with Crippen molar-refractivity contribution in [2.75, 3.05) is 18.8 Å². The lowest BCUT2D eigenvalue weighted by Crippen LogP contribution is -2.48. The summed E-state index contributed by atoms with van der Waals surface area (Å²) in [6, 6.07) is 9.91. The van der Waals surface area contributed by atoms with Gasteiger partial charge in [0.05, 0.1) is 11.5 Å². The second-order valence-electron chi connectivity index (χ2n) is 5.85. The van der Waals surface area contributed by atoms with Gasteiger partial charge in [-0.1, -0.05) is 42.4 Å². The van der Waals surface area contributed by atoms with Crippen LogP contribution in [0.15, 0.2) is 35.5 Å². The van der Waals surface area contributed by atoms with Crippen LogP contribution in [0.1, 0.15) is 38.7 Å². The molecule has 0 radical (unpaired) electrons. The molecule has 1 aromatic carbocycles. The summed E-state index contributed by atoms with van der Waals surface area (Å²) >= 11 is 0. The summed E-state index contributed by atoms with van der Waals surface area (Å²) in [7, 11) is -3.17. The Balaban J connectivity index is 2.27. The van der Waals surface area contributed by atoms with Crippen LogP contribution in [0, 0.1) is 0 Å². The lowest BCUT2D eigenvalue weighted by Gasteiger charge is -2.41. The Kier molecular flexibility index (Phi) is 5.24. The number of benzene rings is 1. The van der Waals surface area contributed by atoms with Crippen molar-refractivity contribution in [1.82, 2.24) is 4.31 Å². The predicted octanol–water partition coefficient (Wildman–Crippen LogP) is 2.61. The van der Waals surface area contributed by atoms with Gasteiger partial charge in [0.15, 0.2) is 0 Å². The lowest BCUT2D eigenvalue weighted by molar-refractivity contribution is 0.268. The first-order chi connectivity index (χ1) is 10.5. The quantitative estimate of drug-likeness (QED) is 0.514. The summed E-state index contributed by atoms with van der Waals surface area (Å²) in [5.74, 6) is 0.193. The summed E-state index contributed by atoms with van der Waals surface area (Å²) in [6.45, 7) is 4.61. The van der Waals surface area contributed by atoms with Crippen molar-refractivity contribution in [3.8, 4) is 0 Å². The van der Waals surface area contributed by atoms with Gasteiger partial charge in [0.25, 0.3) is 0 Å². The molecule has 0 unspecified atom stereocenters. The van der Waals surface area contributed by atoms with Crippen LogP contribution >= 0.6 is 0 Å². The zero-order valence-electron chi connectivity index (χ0n) is 13.2. The van der Waals surface area contributed by atoms with E-state index in [1.54, 1.807) is 4.31 Å². The smallest absolute Gasteiger partial charge is 0.214 e. The molecule has 1 aromatic rings. The molecule has 0 atom stereocenters. The summed E-state index contributed by atoms with van der Waals surface area (Å²) in [6.07, 6.45) is 1.89. The van der Waals surface area contributed by atoms with Crippen LogP contribution in [-0.4, -0.2) is 42.5 Å². The Labute approximate surface area is 132 Å². The average molecular weight is 324 g/mol. The molecule has 0 spiro atoms. The molecule has 22 heavy (non-hydrogen) atoms. The third-order valence-electron chi connectivity index (χ3n) is 4.60. The lowest BCUT2D eigenvalue weighted by atomic mass is 9.70. The Morgan fingerprint density at radius 2 is 1.86 bits per heavy atom. The molecule has 1 aliphatic rings. The van der Waals surface area contributed by atoms with Crippen molar-refractivity contribution in [3.63, 3.8) is 0 Å². The highest BCUT2D eigenvalue weighted by atomic mass is 32.2. The SMILES string of the molecule is CCCS(=O)(=O)N1CCC(/C(C)=N/O)(c2ccccc2)CC1. The monoisotopic (exact) mass is 324 g/mol. The van der Waals surface area contributed by atoms with Crippen LogP contribution in [0.5, 0.6) is 0 Å². The first kappa shape index (κ1) is 17.0. The zero-order valence-corrected chi connectivity index (χ0v) is 14.0. The molecule has 1 heterocycles. The maximum atomic E-state index is 12.2. The van der Waals surface area contributed by atoms with Crippen LogP contribution in [0.25, 0.3) is 0 Å². The highest BCUT2D eigenvalue weighted by molar-refractivity contribution is 7.89. The van der Waals surface area contributed by atoms with Gasteiger partial charge in [-0.05, 0) is 31.7 Å². The fraction of sp³-hybridized carbons (Fsp3) is 0.562. The Hall–Kier alpha value is -1.40. The summed E-state index contributed by atoms with van der Waals surface area (Å²) < 4.78 is 26.0. The number of hydrogen-bond donors (Lipinski definition) is 1. The van der Waals surface area contributed by atoms with Crippen molar-refractivity contribution in [2.45, 2.75) is 38.5 Å². The van der Waals surface area contributed by atoms with Gasteiger partial charge in [-0.15, -0.1) is 0 Å². The van der Waals surface area contributed by atoms with E-state index in [4.69, 9.17) is 0 Å². The first-order valence-corrected chi connectivity index (χ1v) is 9.29. The van der Waals surface area contributed by atoms with Gasteiger partial charge in [-0.2, -0.15) is 0 Å². The van der Waals surface area contributed by atoms with Crippen LogP contribution in [0.4, 0.5) is 0 Å². The molecule has 0 aromatic heterocycles. The Morgan fingerprint density at radius 3 is 2.36 bits per heavy atom. The number of hydrogen-bond acceptors (Lipinski definition) is 4. The number of sulfonamides is 1. The molecule has 0 aliphatic carbocycles. The number of nitrogens with zero attached hydrogens (tertiary/aromatic N) is 2. The Morgan fingerprint density at radius 1 is 1.27 bits per heavy atom. The molecule has 0 saturated carbocycles. The molecule has 122 valence electrons. The zero-order chi connectivity index (χ0) is 16.2. The van der Waals surface area contributed by atoms with Crippen molar-refractivity contribution < 1.29 is 13.6 Å². The van der Waals surface area contributed by atoms with Crippen molar-refractivity contribution >= 4 is 15.7 Å². The van der Waals surface area contributed by atoms with Gasteiger partial charge >= 0.3 is 0 Å². The number of oxime groups is 1. The van der Waals surface area contributed by atoms with Crippen molar-refractivity contribution in [2.24, 2.45) is 5.16 Å². The molecule has 6 heteroatoms. The average Bonchev–Trinajstić information content (AvgIpc) is 2.55. The fourth-order valence-electron chi connectivity index (χ4n) is 3.25. The maximum absolute atomic E-state index is 12.2. The molecule has 2 rings (SSSR count). The molecule has 5 nitrogen and oxygen atoms in total. The van der Waals surface area contributed by atoms with Crippen LogP contribution in [0.2, 0.25) is 0 Å².